The van der Waals surface area contributed by atoms with Gasteiger partial charge in [0.1, 0.15) is 23.9 Å². The summed E-state index contributed by atoms with van der Waals surface area (Å²) in [4.78, 5) is 48.3. The first-order chi connectivity index (χ1) is 25.7. The number of ether oxygens (including phenoxy) is 4. The van der Waals surface area contributed by atoms with Crippen LogP contribution in [0.25, 0.3) is 0 Å². The largest absolute Gasteiger partial charge is 0.462 e. The molecule has 0 aromatic rings. The molecule has 0 radical (unpaired) electrons. The van der Waals surface area contributed by atoms with Gasteiger partial charge in [0, 0.05) is 18.3 Å². The highest BCUT2D eigenvalue weighted by atomic mass is 16.6. The lowest BCUT2D eigenvalue weighted by atomic mass is 9.52. The van der Waals surface area contributed by atoms with Crippen LogP contribution in [0.1, 0.15) is 165 Å². The summed E-state index contributed by atoms with van der Waals surface area (Å²) in [5, 5.41) is 10.6. The average molecular weight is 769 g/mol. The third-order valence-corrected chi connectivity index (χ3v) is 16.9. The second-order valence-corrected chi connectivity index (χ2v) is 21.8. The molecule has 0 spiro atoms. The number of hydrogen-bond acceptors (Lipinski definition) is 9. The number of hydrogen-bond donors (Lipinski definition) is 1. The first-order valence-electron chi connectivity index (χ1n) is 22.3. The molecular weight excluding hydrogens is 696 g/mol. The van der Waals surface area contributed by atoms with Gasteiger partial charge in [0.15, 0.2) is 0 Å². The van der Waals surface area contributed by atoms with Crippen molar-refractivity contribution in [3.63, 3.8) is 0 Å². The van der Waals surface area contributed by atoms with E-state index in [9.17, 15) is 24.3 Å². The number of carbonyl (C=O) groups is 4. The first-order valence-corrected chi connectivity index (χ1v) is 22.3. The minimum Gasteiger partial charge on any atom is -0.462 e. The predicted octanol–water partition coefficient (Wildman–Crippen LogP) is 8.76. The zero-order valence-electron chi connectivity index (χ0n) is 35.5. The zero-order chi connectivity index (χ0) is 39.9. The SMILES string of the molecule is CCC(C)(C)C(=O)OC12CC3CC(CC(O)(C3)C1)C2.CCC(C)(C)C(=O)OC1C2CC3C(=O)OC1C3C2.CCC(C)(C)C(=O)OC1CC2CC1C1CCCC21. The molecule has 1 heterocycles. The number of rotatable bonds is 9. The molecule has 310 valence electrons. The average Bonchev–Trinajstić information content (AvgIpc) is 3.95. The van der Waals surface area contributed by atoms with E-state index in [0.29, 0.717) is 36.0 Å². The minimum absolute atomic E-state index is 0.0251. The predicted molar refractivity (Wildman–Crippen MR) is 207 cm³/mol. The van der Waals surface area contributed by atoms with Crippen LogP contribution in [-0.2, 0) is 38.1 Å². The normalized spacial score (nSPS) is 42.5. The van der Waals surface area contributed by atoms with Gasteiger partial charge in [0.05, 0.1) is 27.8 Å². The lowest BCUT2D eigenvalue weighted by molar-refractivity contribution is -0.225. The quantitative estimate of drug-likeness (QED) is 0.181. The van der Waals surface area contributed by atoms with Crippen LogP contribution in [0.3, 0.4) is 0 Å². The summed E-state index contributed by atoms with van der Waals surface area (Å²) in [5.74, 6) is 4.93. The van der Waals surface area contributed by atoms with Crippen molar-refractivity contribution in [1.29, 1.82) is 0 Å². The molecule has 10 rings (SSSR count). The zero-order valence-corrected chi connectivity index (χ0v) is 35.5. The minimum atomic E-state index is -0.555. The van der Waals surface area contributed by atoms with Crippen molar-refractivity contribution in [2.45, 2.75) is 195 Å². The molecule has 9 nitrogen and oxygen atoms in total. The molecule has 1 saturated heterocycles. The van der Waals surface area contributed by atoms with Gasteiger partial charge in [0.2, 0.25) is 0 Å². The van der Waals surface area contributed by atoms with Crippen LogP contribution >= 0.6 is 0 Å². The molecule has 10 aliphatic rings. The maximum Gasteiger partial charge on any atom is 0.312 e. The van der Waals surface area contributed by atoms with E-state index in [-0.39, 0.29) is 59.1 Å². The molecule has 12 atom stereocenters. The second kappa shape index (κ2) is 14.6. The van der Waals surface area contributed by atoms with Gasteiger partial charge in [-0.25, -0.2) is 0 Å². The van der Waals surface area contributed by atoms with E-state index in [1.807, 2.05) is 55.4 Å². The molecule has 9 heteroatoms. The summed E-state index contributed by atoms with van der Waals surface area (Å²) in [6.07, 6.45) is 16.5. The highest BCUT2D eigenvalue weighted by Crippen LogP contribution is 2.61. The summed E-state index contributed by atoms with van der Waals surface area (Å²) in [6, 6.07) is 0. The van der Waals surface area contributed by atoms with Gasteiger partial charge >= 0.3 is 23.9 Å². The molecular formula is C46H72O9. The highest BCUT2D eigenvalue weighted by Gasteiger charge is 2.64. The standard InChI is InChI=1S/C16H26O3.C16H26O2.C14H20O4/c1-4-14(2,3)13(17)19-16-8-11-5-12(9-16)7-15(18,6-11)10-16;1-4-16(2,3)15(17)18-14-9-10-8-13(14)12-7-5-6-11(10)12;1-4-14(2,3)13(16)18-10-7-5-8-9(6-7)12(15)17-11(8)10/h11-12,18H,4-10H2,1-3H3;10-14H,4-9H2,1-3H3;7-11H,4-6H2,1-3H3. The van der Waals surface area contributed by atoms with Gasteiger partial charge < -0.3 is 24.1 Å². The molecule has 9 aliphatic carbocycles. The fraction of sp³-hybridized carbons (Fsp3) is 0.913. The molecule has 12 unspecified atom stereocenters. The Kier molecular flexibility index (Phi) is 10.9. The molecule has 1 N–H and O–H groups in total. The van der Waals surface area contributed by atoms with Gasteiger partial charge in [-0.05, 0) is 167 Å². The number of esters is 4. The Bertz CT molecular complexity index is 1480. The van der Waals surface area contributed by atoms with E-state index in [2.05, 4.69) is 6.92 Å². The summed E-state index contributed by atoms with van der Waals surface area (Å²) >= 11 is 0. The summed E-state index contributed by atoms with van der Waals surface area (Å²) in [5.41, 5.74) is -2.09. The maximum atomic E-state index is 12.4. The Balaban J connectivity index is 0.000000127. The lowest BCUT2D eigenvalue weighted by Crippen LogP contribution is -2.61. The molecule has 8 bridgehead atoms. The summed E-state index contributed by atoms with van der Waals surface area (Å²) < 4.78 is 22.9. The number of fused-ring (bicyclic) bond motifs is 6. The van der Waals surface area contributed by atoms with Crippen LogP contribution in [0.15, 0.2) is 0 Å². The van der Waals surface area contributed by atoms with Crippen molar-refractivity contribution in [3.05, 3.63) is 0 Å². The number of aliphatic hydroxyl groups is 1. The van der Waals surface area contributed by atoms with Crippen molar-refractivity contribution in [3.8, 4) is 0 Å². The third-order valence-electron chi connectivity index (χ3n) is 16.9. The van der Waals surface area contributed by atoms with Crippen LogP contribution < -0.4 is 0 Å². The van der Waals surface area contributed by atoms with E-state index in [0.717, 1.165) is 82.0 Å². The Morgan fingerprint density at radius 3 is 1.85 bits per heavy atom. The summed E-state index contributed by atoms with van der Waals surface area (Å²) in [6.45, 7) is 17.8. The van der Waals surface area contributed by atoms with Gasteiger partial charge in [-0.15, -0.1) is 0 Å². The van der Waals surface area contributed by atoms with Crippen molar-refractivity contribution in [2.75, 3.05) is 0 Å². The highest BCUT2D eigenvalue weighted by molar-refractivity contribution is 5.79. The summed E-state index contributed by atoms with van der Waals surface area (Å²) in [7, 11) is 0. The fourth-order valence-corrected chi connectivity index (χ4v) is 12.8. The fourth-order valence-electron chi connectivity index (χ4n) is 12.8. The van der Waals surface area contributed by atoms with E-state index in [1.54, 1.807) is 0 Å². The van der Waals surface area contributed by atoms with Gasteiger partial charge in [-0.1, -0.05) is 27.2 Å². The lowest BCUT2D eigenvalue weighted by Gasteiger charge is -2.59. The Morgan fingerprint density at radius 2 is 1.25 bits per heavy atom. The second-order valence-electron chi connectivity index (χ2n) is 21.8. The molecule has 9 saturated carbocycles. The van der Waals surface area contributed by atoms with E-state index < -0.39 is 16.4 Å². The smallest absolute Gasteiger partial charge is 0.312 e. The topological polar surface area (TPSA) is 125 Å². The number of carbonyl (C=O) groups excluding carboxylic acids is 4. The van der Waals surface area contributed by atoms with Crippen LogP contribution in [0.4, 0.5) is 0 Å². The van der Waals surface area contributed by atoms with Crippen molar-refractivity contribution < 1.29 is 43.2 Å². The Labute approximate surface area is 330 Å². The van der Waals surface area contributed by atoms with Crippen LogP contribution in [0, 0.1) is 69.5 Å². The molecule has 0 aromatic heterocycles. The van der Waals surface area contributed by atoms with Crippen molar-refractivity contribution in [1.82, 2.24) is 0 Å². The third kappa shape index (κ3) is 7.64. The van der Waals surface area contributed by atoms with E-state index in [4.69, 9.17) is 18.9 Å². The van der Waals surface area contributed by atoms with Crippen LogP contribution in [0.2, 0.25) is 0 Å². The van der Waals surface area contributed by atoms with Crippen molar-refractivity contribution in [2.24, 2.45) is 69.5 Å². The van der Waals surface area contributed by atoms with Crippen LogP contribution in [-0.4, -0.2) is 58.5 Å². The molecule has 0 amide bonds. The maximum absolute atomic E-state index is 12.4. The van der Waals surface area contributed by atoms with E-state index >= 15 is 0 Å². The monoisotopic (exact) mass is 769 g/mol. The molecule has 1 aliphatic heterocycles. The van der Waals surface area contributed by atoms with Gasteiger partial charge in [0.25, 0.3) is 0 Å². The van der Waals surface area contributed by atoms with Crippen molar-refractivity contribution >= 4 is 23.9 Å². The van der Waals surface area contributed by atoms with Gasteiger partial charge in [-0.2, -0.15) is 0 Å². The first kappa shape index (κ1) is 41.0. The van der Waals surface area contributed by atoms with Gasteiger partial charge in [-0.3, -0.25) is 19.2 Å². The Morgan fingerprint density at radius 1 is 0.691 bits per heavy atom. The van der Waals surface area contributed by atoms with Crippen LogP contribution in [0.5, 0.6) is 0 Å². The van der Waals surface area contributed by atoms with E-state index in [1.165, 1.54) is 32.1 Å². The Hall–Kier alpha value is -2.16. The molecule has 55 heavy (non-hydrogen) atoms. The molecule has 0 aromatic carbocycles. The molecule has 10 fully saturated rings.